The summed E-state index contributed by atoms with van der Waals surface area (Å²) < 4.78 is 7.10. The van der Waals surface area contributed by atoms with Gasteiger partial charge in [-0.25, -0.2) is 14.6 Å². The number of carbonyl (C=O) groups excluding carboxylic acids is 2. The van der Waals surface area contributed by atoms with Crippen LogP contribution < -0.4 is 16.6 Å². The maximum atomic E-state index is 13.3. The summed E-state index contributed by atoms with van der Waals surface area (Å²) in [5, 5.41) is 3.08. The summed E-state index contributed by atoms with van der Waals surface area (Å²) in [5.41, 5.74) is -0.217. The van der Waals surface area contributed by atoms with Crippen LogP contribution in [0.15, 0.2) is 39.9 Å². The third kappa shape index (κ3) is 4.16. The molecule has 0 saturated heterocycles. The highest BCUT2D eigenvalue weighted by molar-refractivity contribution is 6.30. The molecule has 0 unspecified atom stereocenters. The third-order valence-electron chi connectivity index (χ3n) is 5.24. The highest BCUT2D eigenvalue weighted by Gasteiger charge is 2.29. The van der Waals surface area contributed by atoms with Crippen molar-refractivity contribution in [2.75, 3.05) is 11.9 Å². The maximum absolute atomic E-state index is 13.3. The number of hydrogen-bond donors (Lipinski definition) is 1. The van der Waals surface area contributed by atoms with Crippen molar-refractivity contribution in [2.45, 2.75) is 32.2 Å². The second-order valence-electron chi connectivity index (χ2n) is 7.58. The predicted octanol–water partition coefficient (Wildman–Crippen LogP) is 2.44. The lowest BCUT2D eigenvalue weighted by molar-refractivity contribution is -0.116. The van der Waals surface area contributed by atoms with E-state index in [-0.39, 0.29) is 29.1 Å². The highest BCUT2D eigenvalue weighted by Crippen LogP contribution is 2.39. The first-order valence-electron chi connectivity index (χ1n) is 10.2. The van der Waals surface area contributed by atoms with Crippen molar-refractivity contribution in [3.05, 3.63) is 67.4 Å². The second kappa shape index (κ2) is 8.58. The maximum Gasteiger partial charge on any atom is 0.339 e. The number of esters is 1. The van der Waals surface area contributed by atoms with Crippen molar-refractivity contribution in [2.24, 2.45) is 7.05 Å². The highest BCUT2D eigenvalue weighted by atomic mass is 35.5. The smallest absolute Gasteiger partial charge is 0.339 e. The van der Waals surface area contributed by atoms with Gasteiger partial charge in [-0.05, 0) is 50.1 Å². The molecule has 0 spiro atoms. The number of carbonyl (C=O) groups is 2. The lowest BCUT2D eigenvalue weighted by Gasteiger charge is -2.14. The Hall–Kier alpha value is -3.46. The topological polar surface area (TPSA) is 112 Å². The quantitative estimate of drug-likeness (QED) is 0.570. The number of halogens is 1. The average Bonchev–Trinajstić information content (AvgIpc) is 3.61. The molecule has 0 aliphatic heterocycles. The number of pyridine rings is 1. The largest absolute Gasteiger partial charge is 0.462 e. The van der Waals surface area contributed by atoms with Gasteiger partial charge in [-0.3, -0.25) is 18.7 Å². The molecule has 32 heavy (non-hydrogen) atoms. The summed E-state index contributed by atoms with van der Waals surface area (Å²) in [7, 11) is 1.45. The number of ether oxygens (including phenoxy) is 1. The molecule has 1 amide bonds. The van der Waals surface area contributed by atoms with E-state index in [1.54, 1.807) is 37.3 Å². The number of nitrogens with one attached hydrogen (secondary N) is 1. The Morgan fingerprint density at radius 1 is 1.22 bits per heavy atom. The second-order valence-corrected chi connectivity index (χ2v) is 8.01. The van der Waals surface area contributed by atoms with Gasteiger partial charge < -0.3 is 10.1 Å². The number of aryl methyl sites for hydroxylation is 1. The summed E-state index contributed by atoms with van der Waals surface area (Å²) >= 11 is 5.84. The van der Waals surface area contributed by atoms with Crippen LogP contribution in [0.5, 0.6) is 0 Å². The van der Waals surface area contributed by atoms with E-state index >= 15 is 0 Å². The van der Waals surface area contributed by atoms with Crippen molar-refractivity contribution < 1.29 is 14.3 Å². The normalized spacial score (nSPS) is 13.2. The molecule has 2 aromatic heterocycles. The minimum absolute atomic E-state index is 0.0470. The monoisotopic (exact) mass is 456 g/mol. The van der Waals surface area contributed by atoms with Gasteiger partial charge in [0.25, 0.3) is 5.56 Å². The van der Waals surface area contributed by atoms with E-state index in [2.05, 4.69) is 10.3 Å². The molecular weight excluding hydrogens is 436 g/mol. The molecule has 2 heterocycles. The SMILES string of the molecule is CCOC(=O)c1cc(C2CC2)nc2c1c(=O)n(CC(=O)Nc1ccc(Cl)cc1)c(=O)n2C. The lowest BCUT2D eigenvalue weighted by Crippen LogP contribution is -2.42. The molecular formula is C22H21ClN4O5. The number of amides is 1. The Morgan fingerprint density at radius 3 is 2.53 bits per heavy atom. The Bertz CT molecular complexity index is 1340. The molecule has 0 bridgehead atoms. The van der Waals surface area contributed by atoms with E-state index in [4.69, 9.17) is 16.3 Å². The van der Waals surface area contributed by atoms with E-state index in [0.717, 1.165) is 17.4 Å². The van der Waals surface area contributed by atoms with Crippen LogP contribution in [-0.2, 0) is 23.1 Å². The van der Waals surface area contributed by atoms with E-state index in [1.807, 2.05) is 0 Å². The number of rotatable bonds is 6. The summed E-state index contributed by atoms with van der Waals surface area (Å²) in [5.74, 6) is -1.06. The predicted molar refractivity (Wildman–Crippen MR) is 119 cm³/mol. The van der Waals surface area contributed by atoms with Crippen LogP contribution in [0.2, 0.25) is 5.02 Å². The molecule has 1 aliphatic carbocycles. The zero-order chi connectivity index (χ0) is 23.0. The molecule has 10 heteroatoms. The van der Waals surface area contributed by atoms with Gasteiger partial charge in [0.2, 0.25) is 5.91 Å². The van der Waals surface area contributed by atoms with Gasteiger partial charge in [0.05, 0.1) is 17.6 Å². The van der Waals surface area contributed by atoms with Crippen LogP contribution in [0.25, 0.3) is 11.0 Å². The summed E-state index contributed by atoms with van der Waals surface area (Å²) in [6.07, 6.45) is 1.85. The molecule has 166 valence electrons. The fourth-order valence-electron chi connectivity index (χ4n) is 3.47. The fourth-order valence-corrected chi connectivity index (χ4v) is 3.60. The van der Waals surface area contributed by atoms with Crippen LogP contribution in [0.1, 0.15) is 41.7 Å². The van der Waals surface area contributed by atoms with Crippen molar-refractivity contribution in [1.29, 1.82) is 0 Å². The van der Waals surface area contributed by atoms with E-state index in [9.17, 15) is 19.2 Å². The van der Waals surface area contributed by atoms with Gasteiger partial charge in [0.1, 0.15) is 12.2 Å². The number of anilines is 1. The van der Waals surface area contributed by atoms with Gasteiger partial charge in [-0.1, -0.05) is 11.6 Å². The number of fused-ring (bicyclic) bond motifs is 1. The Labute approximate surface area is 187 Å². The first-order valence-corrected chi connectivity index (χ1v) is 10.5. The standard InChI is InChI=1S/C22H21ClN4O5/c1-3-32-21(30)15-10-16(12-4-5-12)25-19-18(15)20(29)27(22(31)26(19)2)11-17(28)24-14-8-6-13(23)7-9-14/h6-10,12H,3-5,11H2,1-2H3,(H,24,28). The molecule has 4 rings (SSSR count). The van der Waals surface area contributed by atoms with Gasteiger partial charge in [-0.2, -0.15) is 0 Å². The van der Waals surface area contributed by atoms with E-state index in [1.165, 1.54) is 11.6 Å². The number of nitrogens with zero attached hydrogens (tertiary/aromatic N) is 3. The zero-order valence-corrected chi connectivity index (χ0v) is 18.3. The Balaban J connectivity index is 1.80. The van der Waals surface area contributed by atoms with Crippen molar-refractivity contribution >= 4 is 40.2 Å². The Kier molecular flexibility index (Phi) is 5.84. The molecule has 1 aromatic carbocycles. The van der Waals surface area contributed by atoms with Crippen molar-refractivity contribution in [1.82, 2.24) is 14.1 Å². The minimum Gasteiger partial charge on any atom is -0.462 e. The number of benzene rings is 1. The first-order chi connectivity index (χ1) is 15.3. The van der Waals surface area contributed by atoms with Gasteiger partial charge >= 0.3 is 11.7 Å². The molecule has 1 aliphatic rings. The molecule has 0 atom stereocenters. The van der Waals surface area contributed by atoms with Crippen molar-refractivity contribution in [3.8, 4) is 0 Å². The van der Waals surface area contributed by atoms with Crippen LogP contribution in [-0.4, -0.2) is 32.6 Å². The van der Waals surface area contributed by atoms with Gasteiger partial charge in [0, 0.05) is 29.4 Å². The summed E-state index contributed by atoms with van der Waals surface area (Å²) in [4.78, 5) is 55.8. The van der Waals surface area contributed by atoms with Crippen LogP contribution in [0.4, 0.5) is 5.69 Å². The molecule has 9 nitrogen and oxygen atoms in total. The van der Waals surface area contributed by atoms with E-state index in [0.29, 0.717) is 16.4 Å². The molecule has 1 saturated carbocycles. The fraction of sp³-hybridized carbons (Fsp3) is 0.318. The lowest BCUT2D eigenvalue weighted by atomic mass is 10.1. The molecule has 0 radical (unpaired) electrons. The first kappa shape index (κ1) is 21.8. The van der Waals surface area contributed by atoms with Gasteiger partial charge in [-0.15, -0.1) is 0 Å². The number of aromatic nitrogens is 3. The van der Waals surface area contributed by atoms with Crippen LogP contribution in [0, 0.1) is 0 Å². The average molecular weight is 457 g/mol. The van der Waals surface area contributed by atoms with Crippen LogP contribution in [0.3, 0.4) is 0 Å². The summed E-state index contributed by atoms with van der Waals surface area (Å²) in [6, 6.07) is 7.97. The van der Waals surface area contributed by atoms with E-state index < -0.39 is 29.7 Å². The third-order valence-corrected chi connectivity index (χ3v) is 5.49. The van der Waals surface area contributed by atoms with Crippen molar-refractivity contribution in [3.63, 3.8) is 0 Å². The molecule has 1 fully saturated rings. The molecule has 3 aromatic rings. The van der Waals surface area contributed by atoms with Gasteiger partial charge in [0.15, 0.2) is 0 Å². The Morgan fingerprint density at radius 2 is 1.91 bits per heavy atom. The van der Waals surface area contributed by atoms with Crippen LogP contribution >= 0.6 is 11.6 Å². The number of hydrogen-bond acceptors (Lipinski definition) is 6. The zero-order valence-electron chi connectivity index (χ0n) is 17.6. The minimum atomic E-state index is -0.771. The molecule has 1 N–H and O–H groups in total. The summed E-state index contributed by atoms with van der Waals surface area (Å²) in [6.45, 7) is 1.26.